The van der Waals surface area contributed by atoms with Crippen LogP contribution >= 0.6 is 11.8 Å². The van der Waals surface area contributed by atoms with Gasteiger partial charge in [-0.3, -0.25) is 19.2 Å². The second kappa shape index (κ2) is 15.0. The molecular formula is C23H35N5O6S. The SMILES string of the molecule is CSCCC(NC(=O)C(NC(=O)C(Cc1ccccc1)NC(=O)C(N)CC(N)=O)C(C)C)C(=O)O. The summed E-state index contributed by atoms with van der Waals surface area (Å²) >= 11 is 1.45. The average molecular weight is 510 g/mol. The van der Waals surface area contributed by atoms with Crippen molar-refractivity contribution in [1.82, 2.24) is 16.0 Å². The van der Waals surface area contributed by atoms with Gasteiger partial charge in [-0.05, 0) is 29.9 Å². The van der Waals surface area contributed by atoms with Crippen molar-refractivity contribution in [3.63, 3.8) is 0 Å². The van der Waals surface area contributed by atoms with E-state index in [0.717, 1.165) is 5.56 Å². The minimum absolute atomic E-state index is 0.0968. The van der Waals surface area contributed by atoms with E-state index in [1.807, 2.05) is 6.26 Å². The molecule has 1 aromatic rings. The second-order valence-corrected chi connectivity index (χ2v) is 9.42. The minimum Gasteiger partial charge on any atom is -0.480 e. The first-order chi connectivity index (χ1) is 16.5. The summed E-state index contributed by atoms with van der Waals surface area (Å²) < 4.78 is 0. The molecule has 4 amide bonds. The van der Waals surface area contributed by atoms with E-state index in [4.69, 9.17) is 11.5 Å². The van der Waals surface area contributed by atoms with E-state index in [0.29, 0.717) is 5.75 Å². The van der Waals surface area contributed by atoms with Gasteiger partial charge in [0.2, 0.25) is 23.6 Å². The fraction of sp³-hybridized carbons (Fsp3) is 0.522. The Kier molecular flexibility index (Phi) is 12.8. The third kappa shape index (κ3) is 10.8. The molecule has 0 bridgehead atoms. The zero-order valence-electron chi connectivity index (χ0n) is 20.2. The molecule has 1 rings (SSSR count). The van der Waals surface area contributed by atoms with Crippen molar-refractivity contribution in [3.05, 3.63) is 35.9 Å². The van der Waals surface area contributed by atoms with Crippen molar-refractivity contribution in [2.45, 2.75) is 57.3 Å². The van der Waals surface area contributed by atoms with Crippen LogP contribution in [0.3, 0.4) is 0 Å². The van der Waals surface area contributed by atoms with Gasteiger partial charge in [0.15, 0.2) is 0 Å². The number of amides is 4. The molecule has 11 nitrogen and oxygen atoms in total. The van der Waals surface area contributed by atoms with E-state index < -0.39 is 60.2 Å². The van der Waals surface area contributed by atoms with E-state index >= 15 is 0 Å². The first-order valence-electron chi connectivity index (χ1n) is 11.2. The van der Waals surface area contributed by atoms with Gasteiger partial charge in [0.1, 0.15) is 18.1 Å². The smallest absolute Gasteiger partial charge is 0.326 e. The number of benzene rings is 1. The number of aliphatic carboxylic acids is 1. The third-order valence-electron chi connectivity index (χ3n) is 5.15. The van der Waals surface area contributed by atoms with Gasteiger partial charge in [-0.2, -0.15) is 11.8 Å². The summed E-state index contributed by atoms with van der Waals surface area (Å²) in [7, 11) is 0. The van der Waals surface area contributed by atoms with E-state index in [2.05, 4.69) is 16.0 Å². The summed E-state index contributed by atoms with van der Waals surface area (Å²) in [5.74, 6) is -3.81. The lowest BCUT2D eigenvalue weighted by atomic mass is 10.00. The molecular weight excluding hydrogens is 474 g/mol. The predicted octanol–water partition coefficient (Wildman–Crippen LogP) is -0.620. The van der Waals surface area contributed by atoms with Crippen LogP contribution in [0.4, 0.5) is 0 Å². The number of carbonyl (C=O) groups excluding carboxylic acids is 4. The van der Waals surface area contributed by atoms with Crippen molar-refractivity contribution >= 4 is 41.4 Å². The van der Waals surface area contributed by atoms with Crippen LogP contribution in [0, 0.1) is 5.92 Å². The van der Waals surface area contributed by atoms with Gasteiger partial charge in [0, 0.05) is 6.42 Å². The molecule has 0 spiro atoms. The number of thioether (sulfide) groups is 1. The number of nitrogens with two attached hydrogens (primary N) is 2. The Morgan fingerprint density at radius 1 is 0.943 bits per heavy atom. The molecule has 194 valence electrons. The van der Waals surface area contributed by atoms with Crippen molar-refractivity contribution in [2.75, 3.05) is 12.0 Å². The largest absolute Gasteiger partial charge is 0.480 e. The number of carboxylic acids is 1. The molecule has 1 aromatic carbocycles. The normalized spacial score (nSPS) is 14.3. The van der Waals surface area contributed by atoms with Crippen LogP contribution in [-0.2, 0) is 30.4 Å². The second-order valence-electron chi connectivity index (χ2n) is 8.44. The Morgan fingerprint density at radius 3 is 2.06 bits per heavy atom. The fourth-order valence-electron chi connectivity index (χ4n) is 3.19. The van der Waals surface area contributed by atoms with Crippen LogP contribution < -0.4 is 27.4 Å². The van der Waals surface area contributed by atoms with Crippen LogP contribution in [0.1, 0.15) is 32.3 Å². The summed E-state index contributed by atoms with van der Waals surface area (Å²) in [4.78, 5) is 61.2. The Morgan fingerprint density at radius 2 is 1.54 bits per heavy atom. The highest BCUT2D eigenvalue weighted by Crippen LogP contribution is 2.09. The van der Waals surface area contributed by atoms with Gasteiger partial charge >= 0.3 is 5.97 Å². The molecule has 12 heteroatoms. The molecule has 0 aliphatic heterocycles. The number of hydrogen-bond donors (Lipinski definition) is 6. The van der Waals surface area contributed by atoms with Crippen LogP contribution in [-0.4, -0.2) is 70.9 Å². The monoisotopic (exact) mass is 509 g/mol. The van der Waals surface area contributed by atoms with Crippen molar-refractivity contribution in [2.24, 2.45) is 17.4 Å². The summed E-state index contributed by atoms with van der Waals surface area (Å²) in [6.45, 7) is 3.41. The van der Waals surface area contributed by atoms with Gasteiger partial charge in [0.25, 0.3) is 0 Å². The maximum Gasteiger partial charge on any atom is 0.326 e. The van der Waals surface area contributed by atoms with Gasteiger partial charge in [-0.15, -0.1) is 0 Å². The highest BCUT2D eigenvalue weighted by Gasteiger charge is 2.32. The van der Waals surface area contributed by atoms with E-state index in [9.17, 15) is 29.1 Å². The van der Waals surface area contributed by atoms with Gasteiger partial charge in [0.05, 0.1) is 12.5 Å². The Labute approximate surface area is 209 Å². The Hall–Kier alpha value is -3.12. The zero-order chi connectivity index (χ0) is 26.5. The number of hydrogen-bond acceptors (Lipinski definition) is 7. The van der Waals surface area contributed by atoms with Crippen molar-refractivity contribution in [1.29, 1.82) is 0 Å². The summed E-state index contributed by atoms with van der Waals surface area (Å²) in [5, 5.41) is 17.0. The number of carbonyl (C=O) groups is 5. The average Bonchev–Trinajstić information content (AvgIpc) is 2.79. The maximum atomic E-state index is 13.2. The standard InChI is InChI=1S/C23H35N5O6S/c1-13(2)19(22(32)26-16(23(33)34)9-10-35-3)28-21(31)17(11-14-7-5-4-6-8-14)27-20(30)15(24)12-18(25)29/h4-8,13,15-17,19H,9-12,24H2,1-3H3,(H2,25,29)(H,26,32)(H,27,30)(H,28,31)(H,33,34). The lowest BCUT2D eigenvalue weighted by molar-refractivity contribution is -0.142. The maximum absolute atomic E-state index is 13.2. The van der Waals surface area contributed by atoms with Crippen LogP contribution in [0.15, 0.2) is 30.3 Å². The van der Waals surface area contributed by atoms with Crippen molar-refractivity contribution in [3.8, 4) is 0 Å². The van der Waals surface area contributed by atoms with E-state index in [1.54, 1.807) is 44.2 Å². The fourth-order valence-corrected chi connectivity index (χ4v) is 3.66. The van der Waals surface area contributed by atoms with Crippen LogP contribution in [0.25, 0.3) is 0 Å². The highest BCUT2D eigenvalue weighted by molar-refractivity contribution is 7.98. The minimum atomic E-state index is -1.24. The molecule has 0 heterocycles. The van der Waals surface area contributed by atoms with Gasteiger partial charge in [-0.1, -0.05) is 44.2 Å². The summed E-state index contributed by atoms with van der Waals surface area (Å²) in [6, 6.07) is 4.39. The molecule has 0 saturated heterocycles. The molecule has 0 aliphatic rings. The molecule has 4 atom stereocenters. The molecule has 0 fully saturated rings. The van der Waals surface area contributed by atoms with E-state index in [-0.39, 0.29) is 18.8 Å². The number of rotatable bonds is 15. The topological polar surface area (TPSA) is 194 Å². The molecule has 0 saturated carbocycles. The number of carboxylic acid groups (broad SMARTS) is 1. The molecule has 35 heavy (non-hydrogen) atoms. The molecule has 8 N–H and O–H groups in total. The highest BCUT2D eigenvalue weighted by atomic mass is 32.2. The number of nitrogens with one attached hydrogen (secondary N) is 3. The summed E-state index contributed by atoms with van der Waals surface area (Å²) in [5.41, 5.74) is 11.6. The first kappa shape index (κ1) is 29.9. The third-order valence-corrected chi connectivity index (χ3v) is 5.79. The summed E-state index contributed by atoms with van der Waals surface area (Å²) in [6.07, 6.45) is 1.76. The Balaban J connectivity index is 3.05. The van der Waals surface area contributed by atoms with Crippen LogP contribution in [0.2, 0.25) is 0 Å². The molecule has 0 aromatic heterocycles. The van der Waals surface area contributed by atoms with Gasteiger partial charge < -0.3 is 32.5 Å². The van der Waals surface area contributed by atoms with Gasteiger partial charge in [-0.25, -0.2) is 4.79 Å². The molecule has 0 aliphatic carbocycles. The molecule has 4 unspecified atom stereocenters. The Bertz CT molecular complexity index is 882. The quantitative estimate of drug-likeness (QED) is 0.180. The van der Waals surface area contributed by atoms with Crippen molar-refractivity contribution < 1.29 is 29.1 Å². The molecule has 0 radical (unpaired) electrons. The zero-order valence-corrected chi connectivity index (χ0v) is 21.0. The van der Waals surface area contributed by atoms with Crippen LogP contribution in [0.5, 0.6) is 0 Å². The first-order valence-corrected chi connectivity index (χ1v) is 12.6. The number of primary amides is 1. The predicted molar refractivity (Wildman–Crippen MR) is 133 cm³/mol. The lowest BCUT2D eigenvalue weighted by Gasteiger charge is -2.27. The lowest BCUT2D eigenvalue weighted by Crippen LogP contribution is -2.59. The van der Waals surface area contributed by atoms with E-state index in [1.165, 1.54) is 11.8 Å².